The molecule has 0 amide bonds. The molecule has 0 unspecified atom stereocenters. The number of hydrogen-bond acceptors (Lipinski definition) is 6. The van der Waals surface area contributed by atoms with Gasteiger partial charge in [0.15, 0.2) is 0 Å². The van der Waals surface area contributed by atoms with Crippen LogP contribution in [0.5, 0.6) is 5.75 Å². The second-order valence-electron chi connectivity index (χ2n) is 7.95. The second kappa shape index (κ2) is 9.33. The molecule has 10 heteroatoms. The lowest BCUT2D eigenvalue weighted by molar-refractivity contribution is -0.147. The molecule has 2 saturated heterocycles. The molecule has 7 nitrogen and oxygen atoms in total. The Hall–Kier alpha value is -2.85. The van der Waals surface area contributed by atoms with Crippen LogP contribution < -0.4 is 9.64 Å². The van der Waals surface area contributed by atoms with Crippen LogP contribution in [-0.2, 0) is 28.9 Å². The predicted molar refractivity (Wildman–Crippen MR) is 109 cm³/mol. The van der Waals surface area contributed by atoms with Gasteiger partial charge in [0.2, 0.25) is 0 Å². The highest BCUT2D eigenvalue weighted by Gasteiger charge is 2.36. The van der Waals surface area contributed by atoms with Gasteiger partial charge in [-0.05, 0) is 23.8 Å². The summed E-state index contributed by atoms with van der Waals surface area (Å²) in [6, 6.07) is 8.26. The molecule has 1 aromatic heterocycles. The highest BCUT2D eigenvalue weighted by molar-refractivity contribution is 5.71. The number of aromatic nitrogens is 1. The molecule has 3 heterocycles. The molecular weight excluding hydrogens is 427 g/mol. The normalized spacial score (nSPS) is 17.8. The van der Waals surface area contributed by atoms with E-state index in [1.807, 2.05) is 17.0 Å². The second-order valence-corrected chi connectivity index (χ2v) is 7.95. The summed E-state index contributed by atoms with van der Waals surface area (Å²) in [5.74, 6) is -0.556. The summed E-state index contributed by atoms with van der Waals surface area (Å²) in [4.78, 5) is 18.7. The van der Waals surface area contributed by atoms with E-state index in [1.165, 1.54) is 6.20 Å². The minimum Gasteiger partial charge on any atom is -0.487 e. The molecular formula is C22H24F3N3O4. The number of anilines is 1. The van der Waals surface area contributed by atoms with Gasteiger partial charge in [0.1, 0.15) is 12.4 Å². The number of pyridine rings is 1. The largest absolute Gasteiger partial charge is 0.487 e. The molecule has 2 aromatic rings. The van der Waals surface area contributed by atoms with Crippen LogP contribution in [0, 0.1) is 5.92 Å². The average Bonchev–Trinajstić information content (AvgIpc) is 2.75. The molecule has 0 radical (unpaired) electrons. The molecule has 2 aliphatic heterocycles. The first-order valence-corrected chi connectivity index (χ1v) is 10.4. The van der Waals surface area contributed by atoms with E-state index in [0.717, 1.165) is 11.6 Å². The Bertz CT molecular complexity index is 940. The Morgan fingerprint density at radius 2 is 1.88 bits per heavy atom. The van der Waals surface area contributed by atoms with Gasteiger partial charge >= 0.3 is 12.1 Å². The lowest BCUT2D eigenvalue weighted by atomic mass is 10.00. The molecule has 0 spiro atoms. The zero-order valence-electron chi connectivity index (χ0n) is 17.3. The minimum atomic E-state index is -4.50. The van der Waals surface area contributed by atoms with E-state index in [-0.39, 0.29) is 23.9 Å². The fourth-order valence-electron chi connectivity index (χ4n) is 3.82. The first-order valence-electron chi connectivity index (χ1n) is 10.4. The third kappa shape index (κ3) is 5.31. The van der Waals surface area contributed by atoms with Gasteiger partial charge in [0, 0.05) is 32.7 Å². The maximum atomic E-state index is 13.6. The number of benzene rings is 1. The average molecular weight is 451 g/mol. The van der Waals surface area contributed by atoms with Gasteiger partial charge in [-0.2, -0.15) is 13.2 Å². The third-order valence-corrected chi connectivity index (χ3v) is 5.62. The lowest BCUT2D eigenvalue weighted by Gasteiger charge is -2.36. The van der Waals surface area contributed by atoms with Crippen LogP contribution in [0.2, 0.25) is 0 Å². The van der Waals surface area contributed by atoms with Crippen molar-refractivity contribution in [2.24, 2.45) is 5.92 Å². The topological polar surface area (TPSA) is 75.1 Å². The van der Waals surface area contributed by atoms with E-state index < -0.39 is 17.7 Å². The summed E-state index contributed by atoms with van der Waals surface area (Å²) in [6.07, 6.45) is -3.24. The SMILES string of the molecule is O=C(O)C1CN(Cc2ccc(OCc3cc(C(F)(F)F)c(N4CCOCC4)cn3)cc2)C1. The Kier molecular flexibility index (Phi) is 6.52. The number of carboxylic acid groups (broad SMARTS) is 1. The summed E-state index contributed by atoms with van der Waals surface area (Å²) in [7, 11) is 0. The number of alkyl halides is 3. The van der Waals surface area contributed by atoms with Gasteiger partial charge in [-0.1, -0.05) is 12.1 Å². The number of rotatable bonds is 7. The molecule has 4 rings (SSSR count). The summed E-state index contributed by atoms with van der Waals surface area (Å²) in [5.41, 5.74) is 0.537. The number of aliphatic carboxylic acids is 1. The number of hydrogen-bond donors (Lipinski definition) is 1. The van der Waals surface area contributed by atoms with E-state index in [9.17, 15) is 18.0 Å². The molecule has 2 fully saturated rings. The minimum absolute atomic E-state index is 0.0602. The van der Waals surface area contributed by atoms with Crippen molar-refractivity contribution in [3.05, 3.63) is 53.3 Å². The van der Waals surface area contributed by atoms with E-state index in [2.05, 4.69) is 4.98 Å². The van der Waals surface area contributed by atoms with Crippen molar-refractivity contribution in [1.82, 2.24) is 9.88 Å². The van der Waals surface area contributed by atoms with Crippen molar-refractivity contribution in [2.75, 3.05) is 44.3 Å². The Morgan fingerprint density at radius 3 is 2.50 bits per heavy atom. The maximum absolute atomic E-state index is 13.6. The monoisotopic (exact) mass is 451 g/mol. The number of nitrogens with zero attached hydrogens (tertiary/aromatic N) is 3. The van der Waals surface area contributed by atoms with Crippen LogP contribution in [-0.4, -0.2) is 60.4 Å². The summed E-state index contributed by atoms with van der Waals surface area (Å²) >= 11 is 0. The summed E-state index contributed by atoms with van der Waals surface area (Å²) in [5, 5.41) is 8.93. The van der Waals surface area contributed by atoms with Crippen LogP contribution in [0.25, 0.3) is 0 Å². The van der Waals surface area contributed by atoms with Crippen molar-refractivity contribution < 1.29 is 32.5 Å². The molecule has 172 valence electrons. The lowest BCUT2D eigenvalue weighted by Crippen LogP contribution is -2.49. The van der Waals surface area contributed by atoms with Crippen LogP contribution in [0.15, 0.2) is 36.5 Å². The highest BCUT2D eigenvalue weighted by atomic mass is 19.4. The molecule has 2 aliphatic rings. The van der Waals surface area contributed by atoms with Crippen LogP contribution in [0.4, 0.5) is 18.9 Å². The van der Waals surface area contributed by atoms with Crippen LogP contribution in [0.1, 0.15) is 16.8 Å². The quantitative estimate of drug-likeness (QED) is 0.694. The molecule has 1 aromatic carbocycles. The highest BCUT2D eigenvalue weighted by Crippen LogP contribution is 2.37. The predicted octanol–water partition coefficient (Wildman–Crippen LogP) is 3.03. The van der Waals surface area contributed by atoms with Crippen molar-refractivity contribution in [1.29, 1.82) is 0 Å². The Balaban J connectivity index is 1.36. The van der Waals surface area contributed by atoms with Gasteiger partial charge in [0.25, 0.3) is 0 Å². The van der Waals surface area contributed by atoms with E-state index in [1.54, 1.807) is 17.0 Å². The summed E-state index contributed by atoms with van der Waals surface area (Å²) in [6.45, 7) is 3.17. The van der Waals surface area contributed by atoms with Gasteiger partial charge in [-0.3, -0.25) is 14.7 Å². The summed E-state index contributed by atoms with van der Waals surface area (Å²) < 4.78 is 51.8. The van der Waals surface area contributed by atoms with Gasteiger partial charge in [-0.15, -0.1) is 0 Å². The van der Waals surface area contributed by atoms with Crippen molar-refractivity contribution in [3.63, 3.8) is 0 Å². The number of ether oxygens (including phenoxy) is 2. The Labute approximate surface area is 183 Å². The third-order valence-electron chi connectivity index (χ3n) is 5.62. The molecule has 0 atom stereocenters. The first kappa shape index (κ1) is 22.3. The van der Waals surface area contributed by atoms with E-state index in [4.69, 9.17) is 14.6 Å². The maximum Gasteiger partial charge on any atom is 0.418 e. The fraction of sp³-hybridized carbons (Fsp3) is 0.455. The van der Waals surface area contributed by atoms with Gasteiger partial charge in [0.05, 0.1) is 42.3 Å². The number of morpholine rings is 1. The molecule has 0 saturated carbocycles. The molecule has 0 aliphatic carbocycles. The smallest absolute Gasteiger partial charge is 0.418 e. The number of carbonyl (C=O) groups is 1. The van der Waals surface area contributed by atoms with E-state index >= 15 is 0 Å². The zero-order chi connectivity index (χ0) is 22.7. The molecule has 0 bridgehead atoms. The van der Waals surface area contributed by atoms with Crippen molar-refractivity contribution in [2.45, 2.75) is 19.3 Å². The van der Waals surface area contributed by atoms with Crippen LogP contribution in [0.3, 0.4) is 0 Å². The van der Waals surface area contributed by atoms with Crippen molar-refractivity contribution in [3.8, 4) is 5.75 Å². The molecule has 1 N–H and O–H groups in total. The number of carboxylic acids is 1. The Morgan fingerprint density at radius 1 is 1.19 bits per heavy atom. The number of likely N-dealkylation sites (tertiary alicyclic amines) is 1. The van der Waals surface area contributed by atoms with Crippen molar-refractivity contribution >= 4 is 11.7 Å². The zero-order valence-corrected chi connectivity index (χ0v) is 17.3. The standard InChI is InChI=1S/C22H24F3N3O4/c23-22(24,25)19-9-17(26-10-20(19)28-5-7-31-8-6-28)14-32-18-3-1-15(2-4-18)11-27-12-16(13-27)21(29)30/h1-4,9-10,16H,5-8,11-14H2,(H,29,30). The molecule has 32 heavy (non-hydrogen) atoms. The number of halogens is 3. The van der Waals surface area contributed by atoms with Crippen LogP contribution >= 0.6 is 0 Å². The van der Waals surface area contributed by atoms with E-state index in [0.29, 0.717) is 51.7 Å². The van der Waals surface area contributed by atoms with Gasteiger partial charge in [-0.25, -0.2) is 0 Å². The fourth-order valence-corrected chi connectivity index (χ4v) is 3.82. The first-order chi connectivity index (χ1) is 15.3. The van der Waals surface area contributed by atoms with Gasteiger partial charge < -0.3 is 19.5 Å².